The number of rotatable bonds is 4. The lowest BCUT2D eigenvalue weighted by Gasteiger charge is -2.22. The van der Waals surface area contributed by atoms with Gasteiger partial charge < -0.3 is 10.1 Å². The van der Waals surface area contributed by atoms with E-state index in [1.54, 1.807) is 6.33 Å². The second-order valence-electron chi connectivity index (χ2n) is 4.18. The van der Waals surface area contributed by atoms with Crippen LogP contribution in [-0.2, 0) is 11.2 Å². The molecule has 0 amide bonds. The van der Waals surface area contributed by atoms with Crippen molar-refractivity contribution in [3.8, 4) is 0 Å². The maximum absolute atomic E-state index is 5.33. The van der Waals surface area contributed by atoms with Crippen LogP contribution in [0.15, 0.2) is 12.4 Å². The molecule has 0 spiro atoms. The molecular weight excluding hydrogens is 202 g/mol. The molecule has 0 radical (unpaired) electrons. The van der Waals surface area contributed by atoms with Crippen molar-refractivity contribution in [3.63, 3.8) is 0 Å². The highest BCUT2D eigenvalue weighted by Gasteiger charge is 2.13. The number of ether oxygens (including phenoxy) is 1. The predicted molar refractivity (Wildman–Crippen MR) is 63.4 cm³/mol. The molecule has 1 saturated heterocycles. The van der Waals surface area contributed by atoms with Crippen LogP contribution >= 0.6 is 0 Å². The Morgan fingerprint density at radius 1 is 1.38 bits per heavy atom. The number of hydrogen-bond acceptors (Lipinski definition) is 4. The first-order valence-corrected chi connectivity index (χ1v) is 6.01. The molecule has 88 valence electrons. The third-order valence-electron chi connectivity index (χ3n) is 3.00. The van der Waals surface area contributed by atoms with E-state index >= 15 is 0 Å². The van der Waals surface area contributed by atoms with Crippen molar-refractivity contribution in [2.24, 2.45) is 5.92 Å². The van der Waals surface area contributed by atoms with Crippen LogP contribution in [0.1, 0.15) is 25.5 Å². The van der Waals surface area contributed by atoms with Crippen molar-refractivity contribution in [3.05, 3.63) is 18.1 Å². The van der Waals surface area contributed by atoms with Crippen molar-refractivity contribution >= 4 is 5.82 Å². The summed E-state index contributed by atoms with van der Waals surface area (Å²) in [5.74, 6) is 1.66. The van der Waals surface area contributed by atoms with Gasteiger partial charge >= 0.3 is 0 Å². The molecule has 0 saturated carbocycles. The van der Waals surface area contributed by atoms with Crippen LogP contribution in [0.4, 0.5) is 5.82 Å². The van der Waals surface area contributed by atoms with Crippen LogP contribution in [0.3, 0.4) is 0 Å². The van der Waals surface area contributed by atoms with Gasteiger partial charge in [-0.25, -0.2) is 9.97 Å². The van der Waals surface area contributed by atoms with Gasteiger partial charge in [0.25, 0.3) is 0 Å². The van der Waals surface area contributed by atoms with E-state index in [-0.39, 0.29) is 0 Å². The number of aryl methyl sites for hydroxylation is 1. The first-order valence-electron chi connectivity index (χ1n) is 6.01. The molecule has 1 N–H and O–H groups in total. The van der Waals surface area contributed by atoms with Gasteiger partial charge in [-0.05, 0) is 25.2 Å². The number of anilines is 1. The Morgan fingerprint density at radius 3 is 2.94 bits per heavy atom. The minimum absolute atomic E-state index is 0.716. The van der Waals surface area contributed by atoms with Crippen LogP contribution in [-0.4, -0.2) is 29.7 Å². The number of nitrogens with zero attached hydrogens (tertiary/aromatic N) is 2. The zero-order valence-electron chi connectivity index (χ0n) is 9.78. The smallest absolute Gasteiger partial charge is 0.129 e. The Bertz CT molecular complexity index is 324. The molecule has 16 heavy (non-hydrogen) atoms. The van der Waals surface area contributed by atoms with Crippen molar-refractivity contribution < 1.29 is 4.74 Å². The monoisotopic (exact) mass is 221 g/mol. The maximum Gasteiger partial charge on any atom is 0.129 e. The van der Waals surface area contributed by atoms with Gasteiger partial charge in [-0.3, -0.25) is 0 Å². The summed E-state index contributed by atoms with van der Waals surface area (Å²) in [7, 11) is 0. The molecule has 0 aromatic carbocycles. The third-order valence-corrected chi connectivity index (χ3v) is 3.00. The lowest BCUT2D eigenvalue weighted by molar-refractivity contribution is 0.0699. The lowest BCUT2D eigenvalue weighted by atomic mass is 10.0. The Kier molecular flexibility index (Phi) is 4.10. The van der Waals surface area contributed by atoms with Gasteiger partial charge in [0.1, 0.15) is 12.1 Å². The van der Waals surface area contributed by atoms with Gasteiger partial charge in [0.2, 0.25) is 0 Å². The Labute approximate surface area is 96.4 Å². The first-order chi connectivity index (χ1) is 7.88. The molecule has 0 atom stereocenters. The van der Waals surface area contributed by atoms with Crippen LogP contribution < -0.4 is 5.32 Å². The average molecular weight is 221 g/mol. The van der Waals surface area contributed by atoms with Crippen molar-refractivity contribution in [2.75, 3.05) is 25.1 Å². The average Bonchev–Trinajstić information content (AvgIpc) is 2.38. The number of aromatic nitrogens is 2. The van der Waals surface area contributed by atoms with Crippen LogP contribution in [0.25, 0.3) is 0 Å². The molecule has 1 aromatic rings. The summed E-state index contributed by atoms with van der Waals surface area (Å²) in [4.78, 5) is 8.40. The van der Waals surface area contributed by atoms with Gasteiger partial charge in [-0.2, -0.15) is 0 Å². The molecular formula is C12H19N3O. The minimum atomic E-state index is 0.716. The largest absolute Gasteiger partial charge is 0.381 e. The SMILES string of the molecule is CCc1cc(NCC2CCOCC2)ncn1. The molecule has 1 aliphatic heterocycles. The highest BCUT2D eigenvalue weighted by atomic mass is 16.5. The van der Waals surface area contributed by atoms with Crippen molar-refractivity contribution in [1.29, 1.82) is 0 Å². The van der Waals surface area contributed by atoms with Crippen molar-refractivity contribution in [2.45, 2.75) is 26.2 Å². The van der Waals surface area contributed by atoms with E-state index < -0.39 is 0 Å². The Balaban J connectivity index is 1.83. The predicted octanol–water partition coefficient (Wildman–Crippen LogP) is 1.88. The fourth-order valence-electron chi connectivity index (χ4n) is 1.89. The Hall–Kier alpha value is -1.16. The van der Waals surface area contributed by atoms with Gasteiger partial charge in [0, 0.05) is 31.5 Å². The van der Waals surface area contributed by atoms with Crippen molar-refractivity contribution in [1.82, 2.24) is 9.97 Å². The molecule has 2 heterocycles. The fourth-order valence-corrected chi connectivity index (χ4v) is 1.89. The third kappa shape index (κ3) is 3.17. The standard InChI is InChI=1S/C12H19N3O/c1-2-11-7-12(15-9-14-11)13-8-10-3-5-16-6-4-10/h7,9-10H,2-6,8H2,1H3,(H,13,14,15). The van der Waals surface area contributed by atoms with E-state index in [4.69, 9.17) is 4.74 Å². The summed E-state index contributed by atoms with van der Waals surface area (Å²) in [6, 6.07) is 2.03. The van der Waals surface area contributed by atoms with Crippen LogP contribution in [0.2, 0.25) is 0 Å². The molecule has 0 bridgehead atoms. The molecule has 4 nitrogen and oxygen atoms in total. The van der Waals surface area contributed by atoms with E-state index in [0.717, 1.165) is 50.5 Å². The highest BCUT2D eigenvalue weighted by Crippen LogP contribution is 2.15. The topological polar surface area (TPSA) is 47.0 Å². The zero-order chi connectivity index (χ0) is 11.2. The molecule has 1 aliphatic rings. The number of nitrogens with one attached hydrogen (secondary N) is 1. The molecule has 1 aromatic heterocycles. The maximum atomic E-state index is 5.33. The molecule has 0 unspecified atom stereocenters. The van der Waals surface area contributed by atoms with E-state index in [2.05, 4.69) is 22.2 Å². The zero-order valence-corrected chi connectivity index (χ0v) is 9.78. The molecule has 2 rings (SSSR count). The van der Waals surface area contributed by atoms with Crippen LogP contribution in [0.5, 0.6) is 0 Å². The molecule has 4 heteroatoms. The first kappa shape index (κ1) is 11.3. The van der Waals surface area contributed by atoms with Gasteiger partial charge in [-0.15, -0.1) is 0 Å². The fraction of sp³-hybridized carbons (Fsp3) is 0.667. The van der Waals surface area contributed by atoms with E-state index in [9.17, 15) is 0 Å². The minimum Gasteiger partial charge on any atom is -0.381 e. The molecule has 0 aliphatic carbocycles. The number of hydrogen-bond donors (Lipinski definition) is 1. The van der Waals surface area contributed by atoms with Crippen LogP contribution in [0, 0.1) is 5.92 Å². The van der Waals surface area contributed by atoms with E-state index in [1.807, 2.05) is 6.07 Å². The second-order valence-corrected chi connectivity index (χ2v) is 4.18. The summed E-state index contributed by atoms with van der Waals surface area (Å²) in [5.41, 5.74) is 1.09. The summed E-state index contributed by atoms with van der Waals surface area (Å²) in [6.07, 6.45) is 4.89. The highest BCUT2D eigenvalue weighted by molar-refractivity contribution is 5.34. The Morgan fingerprint density at radius 2 is 2.19 bits per heavy atom. The molecule has 1 fully saturated rings. The summed E-state index contributed by atoms with van der Waals surface area (Å²) in [5, 5.41) is 3.38. The van der Waals surface area contributed by atoms with E-state index in [0.29, 0.717) is 5.92 Å². The second kappa shape index (κ2) is 5.80. The summed E-state index contributed by atoms with van der Waals surface area (Å²) in [6.45, 7) is 4.89. The van der Waals surface area contributed by atoms with Gasteiger partial charge in [0.15, 0.2) is 0 Å². The lowest BCUT2D eigenvalue weighted by Crippen LogP contribution is -2.23. The summed E-state index contributed by atoms with van der Waals surface area (Å²) >= 11 is 0. The van der Waals surface area contributed by atoms with E-state index in [1.165, 1.54) is 0 Å². The van der Waals surface area contributed by atoms with Gasteiger partial charge in [0.05, 0.1) is 0 Å². The van der Waals surface area contributed by atoms with Gasteiger partial charge in [-0.1, -0.05) is 6.92 Å². The normalized spacial score (nSPS) is 17.3. The summed E-state index contributed by atoms with van der Waals surface area (Å²) < 4.78 is 5.33. The quantitative estimate of drug-likeness (QED) is 0.843.